The van der Waals surface area contributed by atoms with Gasteiger partial charge in [-0.25, -0.2) is 9.97 Å². The van der Waals surface area contributed by atoms with Crippen LogP contribution in [0.5, 0.6) is 0 Å². The van der Waals surface area contributed by atoms with Crippen LogP contribution in [0, 0.1) is 5.92 Å². The maximum absolute atomic E-state index is 4.65. The van der Waals surface area contributed by atoms with E-state index in [1.165, 1.54) is 48.1 Å². The number of hydrogen-bond donors (Lipinski definition) is 0. The summed E-state index contributed by atoms with van der Waals surface area (Å²) in [6, 6.07) is 0. The molecule has 1 aliphatic rings. The second kappa shape index (κ2) is 6.30. The third-order valence-corrected chi connectivity index (χ3v) is 5.70. The van der Waals surface area contributed by atoms with Gasteiger partial charge in [-0.3, -0.25) is 0 Å². The van der Waals surface area contributed by atoms with Crippen molar-refractivity contribution in [3.05, 3.63) is 16.8 Å². The van der Waals surface area contributed by atoms with Crippen LogP contribution in [0.25, 0.3) is 10.2 Å². The first-order valence-corrected chi connectivity index (χ1v) is 9.06. The van der Waals surface area contributed by atoms with Crippen LogP contribution < -0.4 is 4.90 Å². The zero-order valence-electron chi connectivity index (χ0n) is 13.4. The molecule has 1 unspecified atom stereocenters. The summed E-state index contributed by atoms with van der Waals surface area (Å²) in [7, 11) is 0. The first kappa shape index (κ1) is 14.8. The molecular formula is C17H25N3S. The number of aryl methyl sites for hydroxylation is 1. The average Bonchev–Trinajstić information content (AvgIpc) is 2.85. The molecule has 0 spiro atoms. The van der Waals surface area contributed by atoms with Crippen LogP contribution in [0.4, 0.5) is 5.82 Å². The molecule has 2 aromatic rings. The summed E-state index contributed by atoms with van der Waals surface area (Å²) in [4.78, 5) is 14.4. The summed E-state index contributed by atoms with van der Waals surface area (Å²) in [5.74, 6) is 1.98. The van der Waals surface area contributed by atoms with E-state index in [9.17, 15) is 0 Å². The number of aromatic nitrogens is 2. The molecule has 0 aromatic carbocycles. The second-order valence-corrected chi connectivity index (χ2v) is 7.25. The molecule has 114 valence electrons. The van der Waals surface area contributed by atoms with E-state index in [0.717, 1.165) is 19.0 Å². The Hall–Kier alpha value is -1.16. The van der Waals surface area contributed by atoms with Gasteiger partial charge in [-0.15, -0.1) is 11.3 Å². The number of rotatable bonds is 5. The number of unbranched alkanes of at least 4 members (excludes halogenated alkanes) is 1. The molecule has 1 atom stereocenters. The second-order valence-electron chi connectivity index (χ2n) is 6.16. The van der Waals surface area contributed by atoms with Gasteiger partial charge in [-0.05, 0) is 44.1 Å². The summed E-state index contributed by atoms with van der Waals surface area (Å²) in [5.41, 5.74) is 1.54. The fourth-order valence-corrected chi connectivity index (χ4v) is 4.61. The zero-order valence-corrected chi connectivity index (χ0v) is 14.2. The first-order valence-electron chi connectivity index (χ1n) is 8.24. The molecule has 0 amide bonds. The Morgan fingerprint density at radius 3 is 2.95 bits per heavy atom. The molecule has 2 aromatic heterocycles. The van der Waals surface area contributed by atoms with E-state index >= 15 is 0 Å². The van der Waals surface area contributed by atoms with E-state index in [-0.39, 0.29) is 0 Å². The average molecular weight is 303 g/mol. The topological polar surface area (TPSA) is 29.0 Å². The van der Waals surface area contributed by atoms with Crippen LogP contribution in [0.2, 0.25) is 0 Å². The van der Waals surface area contributed by atoms with Gasteiger partial charge in [0, 0.05) is 18.0 Å². The predicted octanol–water partition coefficient (Wildman–Crippen LogP) is 4.44. The van der Waals surface area contributed by atoms with Crippen molar-refractivity contribution in [1.82, 2.24) is 9.97 Å². The van der Waals surface area contributed by atoms with Gasteiger partial charge in [-0.2, -0.15) is 0 Å². The molecule has 1 aliphatic carbocycles. The molecule has 0 N–H and O–H groups in total. The van der Waals surface area contributed by atoms with Crippen molar-refractivity contribution in [2.75, 3.05) is 18.0 Å². The third-order valence-electron chi connectivity index (χ3n) is 4.53. The van der Waals surface area contributed by atoms with Gasteiger partial charge in [0.1, 0.15) is 17.0 Å². The van der Waals surface area contributed by atoms with E-state index in [2.05, 4.69) is 35.6 Å². The molecule has 3 nitrogen and oxygen atoms in total. The van der Waals surface area contributed by atoms with Gasteiger partial charge < -0.3 is 4.90 Å². The van der Waals surface area contributed by atoms with Gasteiger partial charge in [0.05, 0.1) is 5.39 Å². The summed E-state index contributed by atoms with van der Waals surface area (Å²) in [6.45, 7) is 8.95. The number of thiophene rings is 1. The summed E-state index contributed by atoms with van der Waals surface area (Å²) < 4.78 is 0. The Balaban J connectivity index is 2.06. The molecule has 0 saturated carbocycles. The molecule has 21 heavy (non-hydrogen) atoms. The van der Waals surface area contributed by atoms with E-state index in [0.29, 0.717) is 0 Å². The van der Waals surface area contributed by atoms with E-state index in [1.54, 1.807) is 16.8 Å². The number of fused-ring (bicyclic) bond motifs is 3. The molecule has 2 heterocycles. The van der Waals surface area contributed by atoms with Crippen LogP contribution in [0.15, 0.2) is 6.33 Å². The smallest absolute Gasteiger partial charge is 0.141 e. The van der Waals surface area contributed by atoms with Crippen LogP contribution in [-0.2, 0) is 12.8 Å². The van der Waals surface area contributed by atoms with Crippen LogP contribution in [0.1, 0.15) is 50.5 Å². The normalized spacial score (nSPS) is 18.0. The third kappa shape index (κ3) is 2.78. The molecule has 0 fully saturated rings. The number of nitrogens with zero attached hydrogens (tertiary/aromatic N) is 3. The fraction of sp³-hybridized carbons (Fsp3) is 0.647. The minimum Gasteiger partial charge on any atom is -0.356 e. The molecular weight excluding hydrogens is 278 g/mol. The van der Waals surface area contributed by atoms with Gasteiger partial charge in [0.2, 0.25) is 0 Å². The highest BCUT2D eigenvalue weighted by molar-refractivity contribution is 7.19. The number of hydrogen-bond acceptors (Lipinski definition) is 4. The molecule has 4 heteroatoms. The van der Waals surface area contributed by atoms with E-state index in [1.807, 2.05) is 11.3 Å². The monoisotopic (exact) mass is 303 g/mol. The highest BCUT2D eigenvalue weighted by atomic mass is 32.1. The minimum absolute atomic E-state index is 0.810. The van der Waals surface area contributed by atoms with Crippen LogP contribution in [0.3, 0.4) is 0 Å². The standard InChI is InChI=1S/C17H25N3S/c1-4-6-9-20(5-2)16-15-13-8-7-12(3)10-14(13)21-17(15)19-11-18-16/h11-12H,4-10H2,1-3H3. The Morgan fingerprint density at radius 2 is 2.19 bits per heavy atom. The molecule has 3 rings (SSSR count). The molecule has 0 aliphatic heterocycles. The summed E-state index contributed by atoms with van der Waals surface area (Å²) in [5, 5.41) is 1.35. The lowest BCUT2D eigenvalue weighted by molar-refractivity contribution is 0.509. The van der Waals surface area contributed by atoms with E-state index < -0.39 is 0 Å². The summed E-state index contributed by atoms with van der Waals surface area (Å²) in [6.07, 6.45) is 7.91. The lowest BCUT2D eigenvalue weighted by Gasteiger charge is -2.24. The van der Waals surface area contributed by atoms with E-state index in [4.69, 9.17) is 0 Å². The van der Waals surface area contributed by atoms with Crippen molar-refractivity contribution >= 4 is 27.4 Å². The molecule has 0 bridgehead atoms. The Kier molecular flexibility index (Phi) is 4.43. The fourth-order valence-electron chi connectivity index (χ4n) is 3.26. The van der Waals surface area contributed by atoms with Gasteiger partial charge in [0.15, 0.2) is 0 Å². The molecule has 0 saturated heterocycles. The lowest BCUT2D eigenvalue weighted by atomic mass is 9.89. The maximum atomic E-state index is 4.65. The SMILES string of the molecule is CCCCN(CC)c1ncnc2sc3c(c12)CCC(C)C3. The van der Waals surface area contributed by atoms with Crippen molar-refractivity contribution in [2.24, 2.45) is 5.92 Å². The van der Waals surface area contributed by atoms with Crippen molar-refractivity contribution < 1.29 is 0 Å². The summed E-state index contributed by atoms with van der Waals surface area (Å²) >= 11 is 1.89. The molecule has 0 radical (unpaired) electrons. The first-order chi connectivity index (χ1) is 10.2. The van der Waals surface area contributed by atoms with Gasteiger partial charge in [-0.1, -0.05) is 20.3 Å². The number of anilines is 1. The van der Waals surface area contributed by atoms with Gasteiger partial charge >= 0.3 is 0 Å². The predicted molar refractivity (Wildman–Crippen MR) is 91.4 cm³/mol. The van der Waals surface area contributed by atoms with Crippen molar-refractivity contribution in [2.45, 2.75) is 52.9 Å². The highest BCUT2D eigenvalue weighted by Crippen LogP contribution is 2.40. The van der Waals surface area contributed by atoms with Crippen molar-refractivity contribution in [1.29, 1.82) is 0 Å². The zero-order chi connectivity index (χ0) is 14.8. The van der Waals surface area contributed by atoms with Crippen molar-refractivity contribution in [3.63, 3.8) is 0 Å². The van der Waals surface area contributed by atoms with Crippen LogP contribution in [-0.4, -0.2) is 23.1 Å². The van der Waals surface area contributed by atoms with Gasteiger partial charge in [0.25, 0.3) is 0 Å². The maximum Gasteiger partial charge on any atom is 0.141 e. The highest BCUT2D eigenvalue weighted by Gasteiger charge is 2.24. The quantitative estimate of drug-likeness (QED) is 0.817. The van der Waals surface area contributed by atoms with Crippen LogP contribution >= 0.6 is 11.3 Å². The van der Waals surface area contributed by atoms with Crippen molar-refractivity contribution in [3.8, 4) is 0 Å². The Morgan fingerprint density at radius 1 is 1.33 bits per heavy atom. The Bertz CT molecular complexity index is 620. The lowest BCUT2D eigenvalue weighted by Crippen LogP contribution is -2.25. The largest absolute Gasteiger partial charge is 0.356 e. The minimum atomic E-state index is 0.810. The Labute approximate surface area is 131 Å².